The van der Waals surface area contributed by atoms with E-state index in [1.54, 1.807) is 24.3 Å². The van der Waals surface area contributed by atoms with Gasteiger partial charge in [0.2, 0.25) is 0 Å². The average Bonchev–Trinajstić information content (AvgIpc) is 3.25. The summed E-state index contributed by atoms with van der Waals surface area (Å²) in [5, 5.41) is 9.67. The van der Waals surface area contributed by atoms with Crippen molar-refractivity contribution < 1.29 is 13.9 Å². The van der Waals surface area contributed by atoms with Gasteiger partial charge in [-0.25, -0.2) is 9.59 Å². The van der Waals surface area contributed by atoms with Gasteiger partial charge in [0.15, 0.2) is 5.69 Å². The number of para-hydroxylation sites is 3. The van der Waals surface area contributed by atoms with Crippen molar-refractivity contribution in [3.05, 3.63) is 59.0 Å². The lowest BCUT2D eigenvalue weighted by Crippen LogP contribution is -2.26. The largest absolute Gasteiger partial charge is 0.492 e. The zero-order valence-electron chi connectivity index (χ0n) is 16.9. The first kappa shape index (κ1) is 19.8. The number of amides is 2. The van der Waals surface area contributed by atoms with Crippen LogP contribution in [-0.2, 0) is 0 Å². The molecule has 1 aliphatic carbocycles. The Labute approximate surface area is 174 Å². The van der Waals surface area contributed by atoms with Crippen LogP contribution in [0.15, 0.2) is 57.7 Å². The molecule has 7 nitrogen and oxygen atoms in total. The molecular formula is C23H25N3O4. The maximum absolute atomic E-state index is 12.7. The zero-order valence-corrected chi connectivity index (χ0v) is 16.9. The van der Waals surface area contributed by atoms with E-state index in [1.165, 1.54) is 0 Å². The summed E-state index contributed by atoms with van der Waals surface area (Å²) in [5.41, 5.74) is 1.11. The van der Waals surface area contributed by atoms with Crippen LogP contribution in [0.25, 0.3) is 11.0 Å². The Hall–Kier alpha value is -3.48. The molecule has 1 saturated carbocycles. The number of benzene rings is 2. The minimum atomic E-state index is -0.595. The van der Waals surface area contributed by atoms with E-state index >= 15 is 0 Å². The highest BCUT2D eigenvalue weighted by molar-refractivity contribution is 6.06. The van der Waals surface area contributed by atoms with Crippen molar-refractivity contribution >= 4 is 34.1 Å². The van der Waals surface area contributed by atoms with Crippen LogP contribution < -0.4 is 26.3 Å². The molecule has 0 spiro atoms. The van der Waals surface area contributed by atoms with Crippen molar-refractivity contribution in [3.63, 3.8) is 0 Å². The summed E-state index contributed by atoms with van der Waals surface area (Å²) in [6.45, 7) is 2.35. The summed E-state index contributed by atoms with van der Waals surface area (Å²) in [6.07, 6.45) is 4.35. The minimum Gasteiger partial charge on any atom is -0.492 e. The van der Waals surface area contributed by atoms with Crippen LogP contribution in [0.4, 0.5) is 21.9 Å². The molecule has 0 aliphatic heterocycles. The normalized spacial score (nSPS) is 13.9. The van der Waals surface area contributed by atoms with Gasteiger partial charge >= 0.3 is 11.7 Å². The predicted octanol–water partition coefficient (Wildman–Crippen LogP) is 5.19. The number of fused-ring (bicyclic) bond motifs is 1. The number of hydrogen-bond donors (Lipinski definition) is 3. The molecule has 1 aromatic heterocycles. The SMILES string of the molecule is CCOc1ccccc1NC(=O)Nc1c(NC2CCCC2)c2ccccc2oc1=O. The third-order valence-electron chi connectivity index (χ3n) is 5.19. The van der Waals surface area contributed by atoms with Crippen molar-refractivity contribution in [2.24, 2.45) is 0 Å². The number of nitrogens with one attached hydrogen (secondary N) is 3. The highest BCUT2D eigenvalue weighted by Gasteiger charge is 2.22. The highest BCUT2D eigenvalue weighted by atomic mass is 16.5. The van der Waals surface area contributed by atoms with Gasteiger partial charge in [-0.15, -0.1) is 0 Å². The van der Waals surface area contributed by atoms with E-state index in [0.717, 1.165) is 31.1 Å². The van der Waals surface area contributed by atoms with E-state index < -0.39 is 11.7 Å². The number of carbonyl (C=O) groups is 1. The molecule has 3 N–H and O–H groups in total. The smallest absolute Gasteiger partial charge is 0.362 e. The molecule has 7 heteroatoms. The van der Waals surface area contributed by atoms with Gasteiger partial charge in [-0.05, 0) is 44.0 Å². The number of rotatable bonds is 6. The van der Waals surface area contributed by atoms with Gasteiger partial charge in [0.05, 0.1) is 18.0 Å². The molecule has 0 unspecified atom stereocenters. The fraction of sp³-hybridized carbons (Fsp3) is 0.304. The van der Waals surface area contributed by atoms with Crippen LogP contribution >= 0.6 is 0 Å². The van der Waals surface area contributed by atoms with Crippen molar-refractivity contribution in [1.82, 2.24) is 0 Å². The molecule has 0 bridgehead atoms. The Balaban J connectivity index is 1.65. The Morgan fingerprint density at radius 2 is 1.77 bits per heavy atom. The second kappa shape index (κ2) is 8.90. The van der Waals surface area contributed by atoms with Crippen molar-refractivity contribution in [2.45, 2.75) is 38.6 Å². The van der Waals surface area contributed by atoms with E-state index in [1.807, 2.05) is 31.2 Å². The van der Waals surface area contributed by atoms with Crippen molar-refractivity contribution in [1.29, 1.82) is 0 Å². The quantitative estimate of drug-likeness (QED) is 0.489. The van der Waals surface area contributed by atoms with Gasteiger partial charge in [-0.1, -0.05) is 37.1 Å². The second-order valence-electron chi connectivity index (χ2n) is 7.27. The van der Waals surface area contributed by atoms with Crippen molar-refractivity contribution in [3.8, 4) is 5.75 Å². The maximum Gasteiger partial charge on any atom is 0.362 e. The van der Waals surface area contributed by atoms with E-state index in [2.05, 4.69) is 16.0 Å². The van der Waals surface area contributed by atoms with Gasteiger partial charge in [0, 0.05) is 11.4 Å². The lowest BCUT2D eigenvalue weighted by atomic mass is 10.1. The Morgan fingerprint density at radius 1 is 1.03 bits per heavy atom. The van der Waals surface area contributed by atoms with Gasteiger partial charge in [-0.2, -0.15) is 0 Å². The summed E-state index contributed by atoms with van der Waals surface area (Å²) in [5.74, 6) is 0.560. The van der Waals surface area contributed by atoms with Crippen LogP contribution in [0.5, 0.6) is 5.75 Å². The molecule has 0 atom stereocenters. The number of ether oxygens (including phenoxy) is 1. The highest BCUT2D eigenvalue weighted by Crippen LogP contribution is 2.32. The number of urea groups is 1. The summed E-state index contributed by atoms with van der Waals surface area (Å²) in [6, 6.07) is 14.2. The average molecular weight is 407 g/mol. The Kier molecular flexibility index (Phi) is 5.88. The molecular weight excluding hydrogens is 382 g/mol. The molecule has 1 heterocycles. The van der Waals surface area contributed by atoms with Gasteiger partial charge < -0.3 is 19.8 Å². The predicted molar refractivity (Wildman–Crippen MR) is 119 cm³/mol. The van der Waals surface area contributed by atoms with Crippen LogP contribution in [-0.4, -0.2) is 18.7 Å². The lowest BCUT2D eigenvalue weighted by molar-refractivity contribution is 0.262. The topological polar surface area (TPSA) is 92.6 Å². The molecule has 3 aromatic rings. The first-order valence-corrected chi connectivity index (χ1v) is 10.3. The summed E-state index contributed by atoms with van der Waals surface area (Å²) in [7, 11) is 0. The third-order valence-corrected chi connectivity index (χ3v) is 5.19. The van der Waals surface area contributed by atoms with Crippen LogP contribution in [0, 0.1) is 0 Å². The van der Waals surface area contributed by atoms with Crippen LogP contribution in [0.3, 0.4) is 0 Å². The third kappa shape index (κ3) is 4.25. The fourth-order valence-electron chi connectivity index (χ4n) is 3.81. The molecule has 2 amide bonds. The standard InChI is InChI=1S/C23H25N3O4/c1-2-29-19-14-8-6-12-17(19)25-23(28)26-21-20(24-15-9-3-4-10-15)16-11-5-7-13-18(16)30-22(21)27/h5-8,11-15,24H,2-4,9-10H2,1H3,(H2,25,26,28). The lowest BCUT2D eigenvalue weighted by Gasteiger charge is -2.19. The van der Waals surface area contributed by atoms with E-state index in [9.17, 15) is 9.59 Å². The summed E-state index contributed by atoms with van der Waals surface area (Å²) < 4.78 is 11.0. The second-order valence-corrected chi connectivity index (χ2v) is 7.27. The number of hydrogen-bond acceptors (Lipinski definition) is 5. The molecule has 156 valence electrons. The molecule has 30 heavy (non-hydrogen) atoms. The maximum atomic E-state index is 12.7. The molecule has 2 aromatic carbocycles. The Bertz CT molecular complexity index is 1100. The van der Waals surface area contributed by atoms with Gasteiger partial charge in [0.25, 0.3) is 0 Å². The minimum absolute atomic E-state index is 0.104. The first-order valence-electron chi connectivity index (χ1n) is 10.3. The summed E-state index contributed by atoms with van der Waals surface area (Å²) >= 11 is 0. The van der Waals surface area contributed by atoms with Gasteiger partial charge in [0.1, 0.15) is 11.3 Å². The van der Waals surface area contributed by atoms with Crippen LogP contribution in [0.1, 0.15) is 32.6 Å². The molecule has 1 fully saturated rings. The molecule has 0 saturated heterocycles. The monoisotopic (exact) mass is 407 g/mol. The molecule has 1 aliphatic rings. The van der Waals surface area contributed by atoms with Crippen molar-refractivity contribution in [2.75, 3.05) is 22.6 Å². The van der Waals surface area contributed by atoms with E-state index in [-0.39, 0.29) is 11.7 Å². The van der Waals surface area contributed by atoms with Crippen LogP contribution in [0.2, 0.25) is 0 Å². The number of anilines is 3. The summed E-state index contributed by atoms with van der Waals surface area (Å²) in [4.78, 5) is 25.4. The number of carbonyl (C=O) groups excluding carboxylic acids is 1. The van der Waals surface area contributed by atoms with E-state index in [4.69, 9.17) is 9.15 Å². The Morgan fingerprint density at radius 3 is 2.57 bits per heavy atom. The molecule has 4 rings (SSSR count). The van der Waals surface area contributed by atoms with Gasteiger partial charge in [-0.3, -0.25) is 5.32 Å². The first-order chi connectivity index (χ1) is 14.7. The fourth-order valence-corrected chi connectivity index (χ4v) is 3.81. The molecule has 0 radical (unpaired) electrons. The van der Waals surface area contributed by atoms with E-state index in [0.29, 0.717) is 29.3 Å². The zero-order chi connectivity index (χ0) is 20.9.